The Morgan fingerprint density at radius 1 is 1.62 bits per heavy atom. The molecule has 0 amide bonds. The Hall–Kier alpha value is 0.430. The minimum atomic E-state index is 0. The molecule has 1 aromatic rings. The van der Waals surface area contributed by atoms with Crippen molar-refractivity contribution in [3.63, 3.8) is 0 Å². The molecule has 2 rings (SSSR count). The van der Waals surface area contributed by atoms with Crippen molar-refractivity contribution >= 4 is 39.7 Å². The van der Waals surface area contributed by atoms with Crippen molar-refractivity contribution in [3.05, 3.63) is 20.8 Å². The highest BCUT2D eigenvalue weighted by molar-refractivity contribution is 9.10. The van der Waals surface area contributed by atoms with E-state index < -0.39 is 0 Å². The van der Waals surface area contributed by atoms with Gasteiger partial charge < -0.3 is 5.73 Å². The molecule has 1 atom stereocenters. The van der Waals surface area contributed by atoms with Gasteiger partial charge in [0.25, 0.3) is 0 Å². The van der Waals surface area contributed by atoms with Crippen LogP contribution in [0.2, 0.25) is 0 Å². The molecular weight excluding hydrogens is 270 g/mol. The summed E-state index contributed by atoms with van der Waals surface area (Å²) in [6.07, 6.45) is 3.94. The van der Waals surface area contributed by atoms with Crippen LogP contribution < -0.4 is 5.73 Å². The third-order valence-electron chi connectivity index (χ3n) is 2.27. The summed E-state index contributed by atoms with van der Waals surface area (Å²) >= 11 is 5.26. The molecule has 0 aromatic carbocycles. The molecule has 0 saturated heterocycles. The van der Waals surface area contributed by atoms with Crippen LogP contribution in [0.5, 0.6) is 0 Å². The van der Waals surface area contributed by atoms with E-state index in [1.54, 1.807) is 11.3 Å². The molecule has 1 aliphatic carbocycles. The van der Waals surface area contributed by atoms with Crippen LogP contribution >= 0.6 is 39.7 Å². The van der Waals surface area contributed by atoms with Crippen molar-refractivity contribution in [2.75, 3.05) is 0 Å². The van der Waals surface area contributed by atoms with Crippen LogP contribution in [0.3, 0.4) is 0 Å². The molecule has 4 heteroatoms. The fourth-order valence-electron chi connectivity index (χ4n) is 1.39. The monoisotopic (exact) mass is 281 g/mol. The fourth-order valence-corrected chi connectivity index (χ4v) is 3.07. The van der Waals surface area contributed by atoms with Gasteiger partial charge in [0.2, 0.25) is 0 Å². The molecule has 1 aliphatic rings. The summed E-state index contributed by atoms with van der Waals surface area (Å²) in [6.45, 7) is 0. The predicted molar refractivity (Wildman–Crippen MR) is 63.5 cm³/mol. The first kappa shape index (κ1) is 11.5. The van der Waals surface area contributed by atoms with Gasteiger partial charge in [0.15, 0.2) is 0 Å². The topological polar surface area (TPSA) is 26.0 Å². The number of halogens is 2. The third-order valence-corrected chi connectivity index (χ3v) is 4.27. The maximum atomic E-state index is 6.06. The maximum absolute atomic E-state index is 6.06. The lowest BCUT2D eigenvalue weighted by molar-refractivity contribution is 0.603. The van der Waals surface area contributed by atoms with Gasteiger partial charge in [-0.15, -0.1) is 23.7 Å². The van der Waals surface area contributed by atoms with Gasteiger partial charge in [-0.2, -0.15) is 0 Å². The summed E-state index contributed by atoms with van der Waals surface area (Å²) < 4.78 is 1.18. The zero-order valence-electron chi connectivity index (χ0n) is 7.20. The Kier molecular flexibility index (Phi) is 4.23. The predicted octanol–water partition coefficient (Wildman–Crippen LogP) is 3.73. The zero-order chi connectivity index (χ0) is 8.55. The van der Waals surface area contributed by atoms with Crippen LogP contribution in [0.4, 0.5) is 0 Å². The van der Waals surface area contributed by atoms with Crippen molar-refractivity contribution < 1.29 is 0 Å². The van der Waals surface area contributed by atoms with Crippen LogP contribution in [0.1, 0.15) is 30.2 Å². The van der Waals surface area contributed by atoms with Crippen LogP contribution in [0, 0.1) is 5.92 Å². The first-order chi connectivity index (χ1) is 5.77. The largest absolute Gasteiger partial charge is 0.323 e. The Bertz CT molecular complexity index is 272. The highest BCUT2D eigenvalue weighted by Crippen LogP contribution is 2.39. The average molecular weight is 283 g/mol. The van der Waals surface area contributed by atoms with Crippen molar-refractivity contribution in [2.45, 2.75) is 25.3 Å². The van der Waals surface area contributed by atoms with Gasteiger partial charge in [-0.25, -0.2) is 0 Å². The van der Waals surface area contributed by atoms with Gasteiger partial charge in [-0.3, -0.25) is 0 Å². The van der Waals surface area contributed by atoms with Crippen LogP contribution in [-0.4, -0.2) is 0 Å². The summed E-state index contributed by atoms with van der Waals surface area (Å²) in [5.41, 5.74) is 6.06. The molecule has 1 saturated carbocycles. The van der Waals surface area contributed by atoms with Gasteiger partial charge in [-0.1, -0.05) is 12.8 Å². The fraction of sp³-hybridized carbons (Fsp3) is 0.556. The van der Waals surface area contributed by atoms with Gasteiger partial charge in [-0.05, 0) is 39.7 Å². The second-order valence-corrected chi connectivity index (χ2v) is 5.22. The molecule has 0 aliphatic heterocycles. The standard InChI is InChI=1S/C9H12BrNS.ClH/c10-7-3-4-12-9(7)8(11)5-6-1-2-6;/h3-4,6,8H,1-2,5,11H2;1H/t8-;/m1./s1. The minimum Gasteiger partial charge on any atom is -0.323 e. The number of hydrogen-bond donors (Lipinski definition) is 1. The summed E-state index contributed by atoms with van der Waals surface area (Å²) in [4.78, 5) is 1.31. The summed E-state index contributed by atoms with van der Waals surface area (Å²) in [7, 11) is 0. The van der Waals surface area contributed by atoms with Crippen LogP contribution in [-0.2, 0) is 0 Å². The molecular formula is C9H13BrClNS. The van der Waals surface area contributed by atoms with E-state index in [0.29, 0.717) is 0 Å². The summed E-state index contributed by atoms with van der Waals surface area (Å²) in [6, 6.07) is 2.33. The van der Waals surface area contributed by atoms with Gasteiger partial charge in [0.1, 0.15) is 0 Å². The summed E-state index contributed by atoms with van der Waals surface area (Å²) in [5, 5.41) is 2.09. The molecule has 0 radical (unpaired) electrons. The van der Waals surface area contributed by atoms with E-state index in [4.69, 9.17) is 5.73 Å². The normalized spacial score (nSPS) is 18.0. The molecule has 2 N–H and O–H groups in total. The van der Waals surface area contributed by atoms with Gasteiger partial charge >= 0.3 is 0 Å². The SMILES string of the molecule is Cl.N[C@H](CC1CC1)c1sccc1Br. The number of nitrogens with two attached hydrogens (primary N) is 1. The van der Waals surface area contributed by atoms with Gasteiger partial charge in [0, 0.05) is 15.4 Å². The van der Waals surface area contributed by atoms with E-state index in [-0.39, 0.29) is 18.4 Å². The molecule has 1 aromatic heterocycles. The molecule has 74 valence electrons. The Balaban J connectivity index is 0.000000845. The van der Waals surface area contributed by atoms with Crippen LogP contribution in [0.15, 0.2) is 15.9 Å². The first-order valence-electron chi connectivity index (χ1n) is 4.26. The van der Waals surface area contributed by atoms with Crippen molar-refractivity contribution in [1.29, 1.82) is 0 Å². The van der Waals surface area contributed by atoms with E-state index in [2.05, 4.69) is 27.4 Å². The van der Waals surface area contributed by atoms with Crippen LogP contribution in [0.25, 0.3) is 0 Å². The van der Waals surface area contributed by atoms with Crippen molar-refractivity contribution in [1.82, 2.24) is 0 Å². The molecule has 13 heavy (non-hydrogen) atoms. The Labute approximate surface area is 97.3 Å². The Morgan fingerprint density at radius 2 is 2.31 bits per heavy atom. The smallest absolute Gasteiger partial charge is 0.0403 e. The number of hydrogen-bond acceptors (Lipinski definition) is 2. The van der Waals surface area contributed by atoms with E-state index in [0.717, 1.165) is 5.92 Å². The highest BCUT2D eigenvalue weighted by atomic mass is 79.9. The molecule has 1 nitrogen and oxygen atoms in total. The lowest BCUT2D eigenvalue weighted by Gasteiger charge is -2.08. The molecule has 0 spiro atoms. The minimum absolute atomic E-state index is 0. The van der Waals surface area contributed by atoms with E-state index in [9.17, 15) is 0 Å². The van der Waals surface area contributed by atoms with Crippen molar-refractivity contribution in [3.8, 4) is 0 Å². The lowest BCUT2D eigenvalue weighted by Crippen LogP contribution is -2.09. The highest BCUT2D eigenvalue weighted by Gasteiger charge is 2.25. The quantitative estimate of drug-likeness (QED) is 0.898. The van der Waals surface area contributed by atoms with Gasteiger partial charge in [0.05, 0.1) is 0 Å². The molecule has 1 fully saturated rings. The van der Waals surface area contributed by atoms with E-state index in [1.807, 2.05) is 0 Å². The maximum Gasteiger partial charge on any atom is 0.0403 e. The second-order valence-electron chi connectivity index (χ2n) is 3.42. The lowest BCUT2D eigenvalue weighted by atomic mass is 10.1. The second kappa shape index (κ2) is 4.78. The zero-order valence-corrected chi connectivity index (χ0v) is 10.4. The first-order valence-corrected chi connectivity index (χ1v) is 5.93. The Morgan fingerprint density at radius 3 is 2.77 bits per heavy atom. The van der Waals surface area contributed by atoms with Crippen molar-refractivity contribution in [2.24, 2.45) is 11.7 Å². The molecule has 0 bridgehead atoms. The molecule has 1 heterocycles. The average Bonchev–Trinajstić information content (AvgIpc) is 2.72. The third kappa shape index (κ3) is 2.94. The van der Waals surface area contributed by atoms with E-state index >= 15 is 0 Å². The molecule has 0 unspecified atom stereocenters. The number of rotatable bonds is 3. The van der Waals surface area contributed by atoms with E-state index in [1.165, 1.54) is 28.6 Å². The number of thiophene rings is 1. The summed E-state index contributed by atoms with van der Waals surface area (Å²) in [5.74, 6) is 0.911.